The van der Waals surface area contributed by atoms with Crippen molar-refractivity contribution in [3.05, 3.63) is 71.9 Å². The second kappa shape index (κ2) is 7.63. The quantitative estimate of drug-likeness (QED) is 0.590. The van der Waals surface area contributed by atoms with Gasteiger partial charge in [0.05, 0.1) is 17.4 Å². The predicted octanol–water partition coefficient (Wildman–Crippen LogP) is 3.69. The van der Waals surface area contributed by atoms with E-state index in [4.69, 9.17) is 9.47 Å². The minimum Gasteiger partial charge on any atom is -0.454 e. The van der Waals surface area contributed by atoms with Crippen LogP contribution in [-0.4, -0.2) is 32.2 Å². The number of carbonyl (C=O) groups is 1. The molecule has 2 heterocycles. The second-order valence-electron chi connectivity index (χ2n) is 8.22. The number of fused-ring (bicyclic) bond motifs is 1. The van der Waals surface area contributed by atoms with Crippen LogP contribution < -0.4 is 14.2 Å². The van der Waals surface area contributed by atoms with E-state index in [-0.39, 0.29) is 19.0 Å². The van der Waals surface area contributed by atoms with Gasteiger partial charge in [-0.2, -0.15) is 0 Å². The molecule has 1 N–H and O–H groups in total. The molecule has 3 aromatic rings. The summed E-state index contributed by atoms with van der Waals surface area (Å²) in [5.74, 6) is 1.52. The van der Waals surface area contributed by atoms with E-state index in [9.17, 15) is 13.2 Å². The lowest BCUT2D eigenvalue weighted by molar-refractivity contribution is -0.120. The highest BCUT2D eigenvalue weighted by Crippen LogP contribution is 2.51. The lowest BCUT2D eigenvalue weighted by Gasteiger charge is -2.15. The first-order valence-corrected chi connectivity index (χ1v) is 12.2. The van der Waals surface area contributed by atoms with Crippen molar-refractivity contribution in [1.82, 2.24) is 4.98 Å². The van der Waals surface area contributed by atoms with Crippen molar-refractivity contribution < 1.29 is 22.7 Å². The van der Waals surface area contributed by atoms with Crippen LogP contribution in [-0.2, 0) is 26.7 Å². The Morgan fingerprint density at radius 2 is 1.81 bits per heavy atom. The lowest BCUT2D eigenvalue weighted by Crippen LogP contribution is -2.23. The van der Waals surface area contributed by atoms with E-state index in [0.717, 1.165) is 30.2 Å². The first-order chi connectivity index (χ1) is 15.3. The van der Waals surface area contributed by atoms with Crippen LogP contribution in [0.2, 0.25) is 0 Å². The fraction of sp³-hybridized carbons (Fsp3) is 0.250. The van der Waals surface area contributed by atoms with Crippen molar-refractivity contribution in [2.24, 2.45) is 0 Å². The summed E-state index contributed by atoms with van der Waals surface area (Å²) in [4.78, 5) is 17.9. The summed E-state index contributed by atoms with van der Waals surface area (Å²) in [5.41, 5.74) is 3.07. The number of benzene rings is 2. The van der Waals surface area contributed by atoms with Gasteiger partial charge in [0.2, 0.25) is 16.8 Å². The van der Waals surface area contributed by atoms with Crippen LogP contribution in [0.4, 0.5) is 5.69 Å². The van der Waals surface area contributed by atoms with Gasteiger partial charge in [-0.1, -0.05) is 24.3 Å². The number of nitrogens with one attached hydrogen (secondary N) is 1. The number of Topliss-reactive ketones (excluding diaryl/α,β-unsaturated/α-hetero) is 1. The molecule has 1 aliphatic heterocycles. The van der Waals surface area contributed by atoms with Gasteiger partial charge in [0, 0.05) is 23.4 Å². The summed E-state index contributed by atoms with van der Waals surface area (Å²) in [6, 6.07) is 18.3. The zero-order chi connectivity index (χ0) is 22.3. The number of ether oxygens (including phenoxy) is 2. The summed E-state index contributed by atoms with van der Waals surface area (Å²) < 4.78 is 36.4. The third-order valence-corrected chi connectivity index (χ3v) is 6.43. The zero-order valence-corrected chi connectivity index (χ0v) is 18.3. The normalized spacial score (nSPS) is 15.9. The molecule has 0 amide bonds. The Bertz CT molecular complexity index is 1320. The average Bonchev–Trinajstić information content (AvgIpc) is 3.44. The number of ketones is 1. The molecule has 5 rings (SSSR count). The van der Waals surface area contributed by atoms with E-state index in [2.05, 4.69) is 9.71 Å². The van der Waals surface area contributed by atoms with Crippen LogP contribution in [0, 0.1) is 0 Å². The van der Waals surface area contributed by atoms with Gasteiger partial charge in [-0.25, -0.2) is 8.42 Å². The van der Waals surface area contributed by atoms with Crippen molar-refractivity contribution in [2.75, 3.05) is 17.8 Å². The summed E-state index contributed by atoms with van der Waals surface area (Å²) in [6.45, 7) is 0.206. The molecule has 1 fully saturated rings. The van der Waals surface area contributed by atoms with Crippen molar-refractivity contribution in [2.45, 2.75) is 24.7 Å². The van der Waals surface area contributed by atoms with Crippen molar-refractivity contribution in [1.29, 1.82) is 0 Å². The van der Waals surface area contributed by atoms with Gasteiger partial charge >= 0.3 is 0 Å². The molecule has 0 unspecified atom stereocenters. The molecule has 0 spiro atoms. The third kappa shape index (κ3) is 4.05. The van der Waals surface area contributed by atoms with Crippen LogP contribution in [0.1, 0.15) is 24.1 Å². The molecule has 0 atom stereocenters. The van der Waals surface area contributed by atoms with Gasteiger partial charge < -0.3 is 9.47 Å². The van der Waals surface area contributed by atoms with E-state index in [1.807, 2.05) is 42.5 Å². The smallest absolute Gasteiger partial charge is 0.231 e. The SMILES string of the molecule is CS(=O)(=O)Nc1cccc(-c2cccc(CC(=O)C3(c4ccc5c(c4)OCO5)CC3)n2)c1. The zero-order valence-electron chi connectivity index (χ0n) is 17.5. The molecule has 7 nitrogen and oxygen atoms in total. The second-order valence-corrected chi connectivity index (χ2v) is 9.97. The van der Waals surface area contributed by atoms with E-state index >= 15 is 0 Å². The van der Waals surface area contributed by atoms with Crippen LogP contribution in [0.5, 0.6) is 11.5 Å². The molecule has 8 heteroatoms. The number of hydrogen-bond acceptors (Lipinski definition) is 6. The van der Waals surface area contributed by atoms with Gasteiger partial charge in [-0.3, -0.25) is 14.5 Å². The number of hydrogen-bond donors (Lipinski definition) is 1. The Morgan fingerprint density at radius 1 is 1.03 bits per heavy atom. The minimum absolute atomic E-state index is 0.133. The molecule has 0 radical (unpaired) electrons. The van der Waals surface area contributed by atoms with Crippen LogP contribution in [0.25, 0.3) is 11.3 Å². The van der Waals surface area contributed by atoms with Crippen molar-refractivity contribution in [3.8, 4) is 22.8 Å². The molecule has 1 aromatic heterocycles. The Morgan fingerprint density at radius 3 is 2.59 bits per heavy atom. The summed E-state index contributed by atoms with van der Waals surface area (Å²) in [7, 11) is -3.37. The monoisotopic (exact) mass is 450 g/mol. The van der Waals surface area contributed by atoms with Gasteiger partial charge in [-0.15, -0.1) is 0 Å². The van der Waals surface area contributed by atoms with Gasteiger partial charge in [0.15, 0.2) is 11.5 Å². The molecular weight excluding hydrogens is 428 g/mol. The molecular formula is C24H22N2O5S. The molecule has 32 heavy (non-hydrogen) atoms. The molecule has 0 bridgehead atoms. The number of sulfonamides is 1. The van der Waals surface area contributed by atoms with Gasteiger partial charge in [0.1, 0.15) is 5.78 Å². The van der Waals surface area contributed by atoms with Crippen molar-refractivity contribution in [3.63, 3.8) is 0 Å². The Labute approximate surface area is 186 Å². The number of aromatic nitrogens is 1. The van der Waals surface area contributed by atoms with E-state index in [1.54, 1.807) is 18.2 Å². The summed E-state index contributed by atoms with van der Waals surface area (Å²) in [6.07, 6.45) is 2.95. The standard InChI is InChI=1S/C24H22N2O5S/c1-32(28,29)26-19-6-2-4-16(12-19)20-7-3-5-18(25-20)14-23(27)24(10-11-24)17-8-9-21-22(13-17)31-15-30-21/h2-9,12-13,26H,10-11,14-15H2,1H3. The largest absolute Gasteiger partial charge is 0.454 e. The number of anilines is 1. The van der Waals surface area contributed by atoms with E-state index in [0.29, 0.717) is 28.6 Å². The van der Waals surface area contributed by atoms with Crippen LogP contribution in [0.15, 0.2) is 60.7 Å². The highest BCUT2D eigenvalue weighted by Gasteiger charge is 2.50. The van der Waals surface area contributed by atoms with Crippen molar-refractivity contribution >= 4 is 21.5 Å². The summed E-state index contributed by atoms with van der Waals surface area (Å²) in [5, 5.41) is 0. The first kappa shape index (κ1) is 20.5. The van der Waals surface area contributed by atoms with Gasteiger partial charge in [-0.05, 0) is 54.8 Å². The molecule has 1 aliphatic carbocycles. The number of carbonyl (C=O) groups excluding carboxylic acids is 1. The third-order valence-electron chi connectivity index (χ3n) is 5.82. The Balaban J connectivity index is 1.37. The average molecular weight is 451 g/mol. The maximum atomic E-state index is 13.3. The topological polar surface area (TPSA) is 94.6 Å². The predicted molar refractivity (Wildman–Crippen MR) is 120 cm³/mol. The number of rotatable bonds is 7. The molecule has 164 valence electrons. The lowest BCUT2D eigenvalue weighted by atomic mass is 9.88. The van der Waals surface area contributed by atoms with Crippen LogP contribution in [0.3, 0.4) is 0 Å². The fourth-order valence-electron chi connectivity index (χ4n) is 4.08. The highest BCUT2D eigenvalue weighted by atomic mass is 32.2. The number of pyridine rings is 1. The summed E-state index contributed by atoms with van der Waals surface area (Å²) >= 11 is 0. The molecule has 2 aliphatic rings. The van der Waals surface area contributed by atoms with E-state index < -0.39 is 15.4 Å². The highest BCUT2D eigenvalue weighted by molar-refractivity contribution is 7.92. The Kier molecular flexibility index (Phi) is 4.89. The Hall–Kier alpha value is -3.39. The maximum absolute atomic E-state index is 13.3. The number of nitrogens with zero attached hydrogens (tertiary/aromatic N) is 1. The molecule has 2 aromatic carbocycles. The maximum Gasteiger partial charge on any atom is 0.231 e. The molecule has 0 saturated heterocycles. The van der Waals surface area contributed by atoms with Gasteiger partial charge in [0.25, 0.3) is 0 Å². The van der Waals surface area contributed by atoms with Crippen LogP contribution >= 0.6 is 0 Å². The molecule has 1 saturated carbocycles. The van der Waals surface area contributed by atoms with E-state index in [1.165, 1.54) is 0 Å². The first-order valence-electron chi connectivity index (χ1n) is 10.3. The minimum atomic E-state index is -3.37. The fourth-order valence-corrected chi connectivity index (χ4v) is 4.63.